The van der Waals surface area contributed by atoms with Gasteiger partial charge in [-0.25, -0.2) is 16.8 Å². The SMILES string of the molecule is CCc1ccccc1N(CC(=O)NC(CC)c1ccc(S(C)(=O)=O)cc1)S(C)(=O)=O. The van der Waals surface area contributed by atoms with Gasteiger partial charge in [-0.15, -0.1) is 0 Å². The van der Waals surface area contributed by atoms with Crippen LogP contribution in [-0.4, -0.2) is 41.8 Å². The molecule has 0 aliphatic rings. The van der Waals surface area contributed by atoms with Crippen molar-refractivity contribution in [2.75, 3.05) is 23.4 Å². The van der Waals surface area contributed by atoms with Gasteiger partial charge in [0, 0.05) is 6.26 Å². The average molecular weight is 453 g/mol. The van der Waals surface area contributed by atoms with Crippen LogP contribution in [0.4, 0.5) is 5.69 Å². The number of carbonyl (C=O) groups is 1. The van der Waals surface area contributed by atoms with Crippen molar-refractivity contribution in [1.29, 1.82) is 0 Å². The van der Waals surface area contributed by atoms with Crippen LogP contribution in [0.5, 0.6) is 0 Å². The van der Waals surface area contributed by atoms with E-state index in [4.69, 9.17) is 0 Å². The van der Waals surface area contributed by atoms with Gasteiger partial charge in [0.25, 0.3) is 0 Å². The highest BCUT2D eigenvalue weighted by molar-refractivity contribution is 7.92. The Hall–Kier alpha value is -2.39. The van der Waals surface area contributed by atoms with E-state index in [1.54, 1.807) is 24.3 Å². The maximum absolute atomic E-state index is 12.7. The number of amides is 1. The molecule has 0 heterocycles. The van der Waals surface area contributed by atoms with Crippen LogP contribution in [0, 0.1) is 0 Å². The number of aryl methyl sites for hydroxylation is 1. The standard InChI is InChI=1S/C21H28N2O5S2/c1-5-16-9-7-8-10-20(16)23(30(4,27)28)15-21(24)22-19(6-2)17-11-13-18(14-12-17)29(3,25)26/h7-14,19H,5-6,15H2,1-4H3,(H,22,24). The highest BCUT2D eigenvalue weighted by Crippen LogP contribution is 2.24. The lowest BCUT2D eigenvalue weighted by molar-refractivity contribution is -0.120. The normalized spacial score (nSPS) is 12.9. The van der Waals surface area contributed by atoms with Crippen molar-refractivity contribution in [3.8, 4) is 0 Å². The average Bonchev–Trinajstić information content (AvgIpc) is 2.69. The first-order valence-electron chi connectivity index (χ1n) is 9.62. The number of para-hydroxylation sites is 1. The number of sulfone groups is 1. The Bertz CT molecular complexity index is 1090. The summed E-state index contributed by atoms with van der Waals surface area (Å²) in [6.07, 6.45) is 3.41. The van der Waals surface area contributed by atoms with Crippen molar-refractivity contribution in [2.45, 2.75) is 37.6 Å². The zero-order valence-corrected chi connectivity index (χ0v) is 19.3. The maximum atomic E-state index is 12.7. The number of rotatable bonds is 9. The van der Waals surface area contributed by atoms with Gasteiger partial charge in [-0.05, 0) is 42.2 Å². The summed E-state index contributed by atoms with van der Waals surface area (Å²) in [6.45, 7) is 3.47. The number of anilines is 1. The van der Waals surface area contributed by atoms with Crippen LogP contribution in [0.3, 0.4) is 0 Å². The molecular weight excluding hydrogens is 424 g/mol. The maximum Gasteiger partial charge on any atom is 0.241 e. The third-order valence-corrected chi connectivity index (χ3v) is 7.04. The van der Waals surface area contributed by atoms with Crippen molar-refractivity contribution < 1.29 is 21.6 Å². The molecule has 0 aliphatic carbocycles. The van der Waals surface area contributed by atoms with Crippen LogP contribution >= 0.6 is 0 Å². The Morgan fingerprint density at radius 2 is 1.57 bits per heavy atom. The van der Waals surface area contributed by atoms with Gasteiger partial charge >= 0.3 is 0 Å². The Morgan fingerprint density at radius 3 is 2.07 bits per heavy atom. The first-order chi connectivity index (χ1) is 14.0. The molecule has 1 N–H and O–H groups in total. The van der Waals surface area contributed by atoms with Crippen LogP contribution in [0.25, 0.3) is 0 Å². The van der Waals surface area contributed by atoms with E-state index in [1.807, 2.05) is 26.0 Å². The Kier molecular flexibility index (Phi) is 7.65. The molecule has 0 radical (unpaired) electrons. The molecule has 2 aromatic carbocycles. The number of hydrogen-bond donors (Lipinski definition) is 1. The predicted octanol–water partition coefficient (Wildman–Crippen LogP) is 2.69. The first-order valence-corrected chi connectivity index (χ1v) is 13.4. The fourth-order valence-electron chi connectivity index (χ4n) is 3.17. The van der Waals surface area contributed by atoms with Crippen LogP contribution in [0.2, 0.25) is 0 Å². The van der Waals surface area contributed by atoms with E-state index in [-0.39, 0.29) is 17.5 Å². The molecule has 9 heteroatoms. The van der Waals surface area contributed by atoms with Crippen LogP contribution in [0.15, 0.2) is 53.4 Å². The summed E-state index contributed by atoms with van der Waals surface area (Å²) in [7, 11) is -6.97. The molecule has 0 bridgehead atoms. The second-order valence-electron chi connectivity index (χ2n) is 7.12. The van der Waals surface area contributed by atoms with Gasteiger partial charge in [0.05, 0.1) is 22.9 Å². The second kappa shape index (κ2) is 9.61. The van der Waals surface area contributed by atoms with Gasteiger partial charge in [0.1, 0.15) is 6.54 Å². The molecule has 30 heavy (non-hydrogen) atoms. The van der Waals surface area contributed by atoms with E-state index in [9.17, 15) is 21.6 Å². The zero-order valence-electron chi connectivity index (χ0n) is 17.6. The highest BCUT2D eigenvalue weighted by Gasteiger charge is 2.24. The number of benzene rings is 2. The molecule has 1 atom stereocenters. The first kappa shape index (κ1) is 23.9. The molecule has 0 saturated carbocycles. The minimum Gasteiger partial charge on any atom is -0.348 e. The fourth-order valence-corrected chi connectivity index (χ4v) is 4.69. The Morgan fingerprint density at radius 1 is 0.967 bits per heavy atom. The number of nitrogens with one attached hydrogen (secondary N) is 1. The summed E-state index contributed by atoms with van der Waals surface area (Å²) in [6, 6.07) is 13.0. The van der Waals surface area contributed by atoms with Gasteiger partial charge in [-0.2, -0.15) is 0 Å². The molecule has 0 spiro atoms. The minimum absolute atomic E-state index is 0.201. The molecule has 7 nitrogen and oxygen atoms in total. The van der Waals surface area contributed by atoms with Crippen molar-refractivity contribution in [1.82, 2.24) is 5.32 Å². The van der Waals surface area contributed by atoms with E-state index in [2.05, 4.69) is 5.32 Å². The second-order valence-corrected chi connectivity index (χ2v) is 11.0. The number of nitrogens with zero attached hydrogens (tertiary/aromatic N) is 1. The molecular formula is C21H28N2O5S2. The van der Waals surface area contributed by atoms with E-state index < -0.39 is 25.8 Å². The van der Waals surface area contributed by atoms with Crippen molar-refractivity contribution in [3.63, 3.8) is 0 Å². The predicted molar refractivity (Wildman–Crippen MR) is 119 cm³/mol. The van der Waals surface area contributed by atoms with Gasteiger partial charge in [-0.3, -0.25) is 9.10 Å². The van der Waals surface area contributed by atoms with Crippen LogP contribution in [-0.2, 0) is 31.1 Å². The largest absolute Gasteiger partial charge is 0.348 e. The molecule has 0 aromatic heterocycles. The molecule has 164 valence electrons. The highest BCUT2D eigenvalue weighted by atomic mass is 32.2. The molecule has 1 unspecified atom stereocenters. The number of sulfonamides is 1. The van der Waals surface area contributed by atoms with Gasteiger partial charge in [0.2, 0.25) is 15.9 Å². The lowest BCUT2D eigenvalue weighted by Gasteiger charge is -2.25. The summed E-state index contributed by atoms with van der Waals surface area (Å²) < 4.78 is 49.1. The third-order valence-electron chi connectivity index (χ3n) is 4.78. The van der Waals surface area contributed by atoms with E-state index in [1.165, 1.54) is 12.1 Å². The van der Waals surface area contributed by atoms with Gasteiger partial charge in [-0.1, -0.05) is 44.2 Å². The molecule has 0 aliphatic heterocycles. The van der Waals surface area contributed by atoms with Gasteiger partial charge < -0.3 is 5.32 Å². The van der Waals surface area contributed by atoms with E-state index in [0.29, 0.717) is 18.5 Å². The summed E-state index contributed by atoms with van der Waals surface area (Å²) in [5.41, 5.74) is 2.07. The molecule has 2 aromatic rings. The Labute approximate surface area is 179 Å². The lowest BCUT2D eigenvalue weighted by atomic mass is 10.0. The minimum atomic E-state index is -3.67. The summed E-state index contributed by atoms with van der Waals surface area (Å²) in [4.78, 5) is 12.9. The van der Waals surface area contributed by atoms with Gasteiger partial charge in [0.15, 0.2) is 9.84 Å². The molecule has 0 saturated heterocycles. The lowest BCUT2D eigenvalue weighted by Crippen LogP contribution is -2.41. The van der Waals surface area contributed by atoms with Crippen LogP contribution < -0.4 is 9.62 Å². The van der Waals surface area contributed by atoms with E-state index >= 15 is 0 Å². The monoisotopic (exact) mass is 452 g/mol. The molecule has 2 rings (SSSR count). The zero-order chi connectivity index (χ0) is 22.5. The van der Waals surface area contributed by atoms with Crippen molar-refractivity contribution in [2.24, 2.45) is 0 Å². The van der Waals surface area contributed by atoms with Crippen LogP contribution in [0.1, 0.15) is 37.4 Å². The fraction of sp³-hybridized carbons (Fsp3) is 0.381. The van der Waals surface area contributed by atoms with E-state index in [0.717, 1.165) is 27.9 Å². The number of carbonyl (C=O) groups excluding carboxylic acids is 1. The quantitative estimate of drug-likeness (QED) is 0.630. The summed E-state index contributed by atoms with van der Waals surface area (Å²) in [5.74, 6) is -0.439. The smallest absolute Gasteiger partial charge is 0.241 e. The topological polar surface area (TPSA) is 101 Å². The third kappa shape index (κ3) is 6.06. The molecule has 1 amide bonds. The summed E-state index contributed by atoms with van der Waals surface area (Å²) in [5, 5.41) is 2.86. The number of hydrogen-bond acceptors (Lipinski definition) is 5. The van der Waals surface area contributed by atoms with Crippen molar-refractivity contribution >= 4 is 31.5 Å². The summed E-state index contributed by atoms with van der Waals surface area (Å²) >= 11 is 0. The van der Waals surface area contributed by atoms with Crippen molar-refractivity contribution in [3.05, 3.63) is 59.7 Å². The Balaban J connectivity index is 2.23. The molecule has 0 fully saturated rings.